The summed E-state index contributed by atoms with van der Waals surface area (Å²) in [5.41, 5.74) is 7.51. The molecule has 1 atom stereocenters. The second-order valence-electron chi connectivity index (χ2n) is 6.37. The molecule has 2 N–H and O–H groups in total. The van der Waals surface area contributed by atoms with Crippen molar-refractivity contribution in [3.63, 3.8) is 0 Å². The van der Waals surface area contributed by atoms with Gasteiger partial charge in [-0.1, -0.05) is 26.0 Å². The van der Waals surface area contributed by atoms with Gasteiger partial charge in [-0.3, -0.25) is 4.79 Å². The van der Waals surface area contributed by atoms with Gasteiger partial charge < -0.3 is 15.5 Å². The summed E-state index contributed by atoms with van der Waals surface area (Å²) in [4.78, 5) is 16.8. The van der Waals surface area contributed by atoms with Crippen LogP contribution in [0.25, 0.3) is 0 Å². The van der Waals surface area contributed by atoms with Gasteiger partial charge in [-0.25, -0.2) is 0 Å². The highest BCUT2D eigenvalue weighted by atomic mass is 16.2. The Hall–Kier alpha value is -1.55. The molecular formula is C17H29N3O. The summed E-state index contributed by atoms with van der Waals surface area (Å²) < 4.78 is 0. The van der Waals surface area contributed by atoms with Gasteiger partial charge in [0.25, 0.3) is 0 Å². The Morgan fingerprint density at radius 1 is 1.19 bits per heavy atom. The second-order valence-corrected chi connectivity index (χ2v) is 6.37. The lowest BCUT2D eigenvalue weighted by Crippen LogP contribution is -2.41. The fourth-order valence-corrected chi connectivity index (χ4v) is 2.30. The highest BCUT2D eigenvalue weighted by Crippen LogP contribution is 2.20. The van der Waals surface area contributed by atoms with E-state index in [9.17, 15) is 4.79 Å². The van der Waals surface area contributed by atoms with Gasteiger partial charge in [-0.05, 0) is 44.6 Å². The fourth-order valence-electron chi connectivity index (χ4n) is 2.30. The van der Waals surface area contributed by atoms with Crippen LogP contribution in [0.3, 0.4) is 0 Å². The van der Waals surface area contributed by atoms with Crippen LogP contribution in [-0.2, 0) is 4.79 Å². The SMILES string of the molecule is CC(C)CN(CCN(C)C)C(=O)C(C)c1cccc(N)c1. The smallest absolute Gasteiger partial charge is 0.229 e. The summed E-state index contributed by atoms with van der Waals surface area (Å²) >= 11 is 0. The van der Waals surface area contributed by atoms with Gasteiger partial charge >= 0.3 is 0 Å². The van der Waals surface area contributed by atoms with Gasteiger partial charge in [0, 0.05) is 25.3 Å². The Morgan fingerprint density at radius 2 is 1.86 bits per heavy atom. The van der Waals surface area contributed by atoms with Gasteiger partial charge in [-0.15, -0.1) is 0 Å². The first-order valence-corrected chi connectivity index (χ1v) is 7.60. The van der Waals surface area contributed by atoms with Crippen LogP contribution in [0.15, 0.2) is 24.3 Å². The molecule has 1 aromatic carbocycles. The number of benzene rings is 1. The third-order valence-corrected chi connectivity index (χ3v) is 3.50. The Labute approximate surface area is 128 Å². The first-order valence-electron chi connectivity index (χ1n) is 7.60. The van der Waals surface area contributed by atoms with Gasteiger partial charge in [0.2, 0.25) is 5.91 Å². The number of amides is 1. The molecule has 0 spiro atoms. The zero-order valence-corrected chi connectivity index (χ0v) is 14.0. The largest absolute Gasteiger partial charge is 0.399 e. The number of rotatable bonds is 7. The van der Waals surface area contributed by atoms with E-state index in [0.717, 1.165) is 25.2 Å². The van der Waals surface area contributed by atoms with Crippen LogP contribution >= 0.6 is 0 Å². The number of nitrogens with zero attached hydrogens (tertiary/aromatic N) is 2. The lowest BCUT2D eigenvalue weighted by Gasteiger charge is -2.29. The van der Waals surface area contributed by atoms with Crippen LogP contribution in [0.5, 0.6) is 0 Å². The van der Waals surface area contributed by atoms with Crippen molar-refractivity contribution >= 4 is 11.6 Å². The van der Waals surface area contributed by atoms with Crippen molar-refractivity contribution < 1.29 is 4.79 Å². The lowest BCUT2D eigenvalue weighted by molar-refractivity contribution is -0.133. The van der Waals surface area contributed by atoms with Crippen molar-refractivity contribution in [2.75, 3.05) is 39.5 Å². The van der Waals surface area contributed by atoms with Crippen LogP contribution < -0.4 is 5.73 Å². The number of hydrogen-bond donors (Lipinski definition) is 1. The molecule has 0 aromatic heterocycles. The number of hydrogen-bond acceptors (Lipinski definition) is 3. The highest BCUT2D eigenvalue weighted by molar-refractivity contribution is 5.83. The number of likely N-dealkylation sites (N-methyl/N-ethyl adjacent to an activating group) is 1. The Kier molecular flexibility index (Phi) is 6.69. The van der Waals surface area contributed by atoms with E-state index in [4.69, 9.17) is 5.73 Å². The normalized spacial score (nSPS) is 12.7. The molecule has 0 radical (unpaired) electrons. The quantitative estimate of drug-likeness (QED) is 0.785. The van der Waals surface area contributed by atoms with Crippen LogP contribution in [-0.4, -0.2) is 49.4 Å². The zero-order chi connectivity index (χ0) is 16.0. The minimum absolute atomic E-state index is 0.158. The van der Waals surface area contributed by atoms with Crippen LogP contribution in [0.1, 0.15) is 32.3 Å². The summed E-state index contributed by atoms with van der Waals surface area (Å²) in [5.74, 6) is 0.481. The molecular weight excluding hydrogens is 262 g/mol. The van der Waals surface area contributed by atoms with Crippen molar-refractivity contribution in [2.24, 2.45) is 5.92 Å². The van der Waals surface area contributed by atoms with Gasteiger partial charge in [0.05, 0.1) is 5.92 Å². The third kappa shape index (κ3) is 5.76. The molecule has 0 bridgehead atoms. The van der Waals surface area contributed by atoms with E-state index >= 15 is 0 Å². The molecule has 0 aliphatic carbocycles. The first kappa shape index (κ1) is 17.5. The van der Waals surface area contributed by atoms with Crippen molar-refractivity contribution in [1.82, 2.24) is 9.80 Å². The van der Waals surface area contributed by atoms with Crippen molar-refractivity contribution in [3.8, 4) is 0 Å². The summed E-state index contributed by atoms with van der Waals surface area (Å²) in [5, 5.41) is 0. The molecule has 21 heavy (non-hydrogen) atoms. The minimum atomic E-state index is -0.158. The summed E-state index contributed by atoms with van der Waals surface area (Å²) in [6, 6.07) is 7.61. The Balaban J connectivity index is 2.82. The number of nitrogen functional groups attached to an aromatic ring is 1. The van der Waals surface area contributed by atoms with Crippen molar-refractivity contribution in [2.45, 2.75) is 26.7 Å². The van der Waals surface area contributed by atoms with Gasteiger partial charge in [0.1, 0.15) is 0 Å². The summed E-state index contributed by atoms with van der Waals surface area (Å²) in [6.45, 7) is 8.67. The molecule has 0 saturated carbocycles. The standard InChI is InChI=1S/C17H29N3O/c1-13(2)12-20(10-9-19(4)5)17(21)14(3)15-7-6-8-16(18)11-15/h6-8,11,13-14H,9-10,12,18H2,1-5H3. The van der Waals surface area contributed by atoms with Gasteiger partial charge in [-0.2, -0.15) is 0 Å². The van der Waals surface area contributed by atoms with Crippen molar-refractivity contribution in [3.05, 3.63) is 29.8 Å². The van der Waals surface area contributed by atoms with E-state index < -0.39 is 0 Å². The number of nitrogens with two attached hydrogens (primary N) is 1. The number of carbonyl (C=O) groups excluding carboxylic acids is 1. The van der Waals surface area contributed by atoms with E-state index in [-0.39, 0.29) is 11.8 Å². The molecule has 0 saturated heterocycles. The molecule has 4 nitrogen and oxygen atoms in total. The monoisotopic (exact) mass is 291 g/mol. The molecule has 1 aromatic rings. The summed E-state index contributed by atoms with van der Waals surface area (Å²) in [7, 11) is 4.05. The van der Waals surface area contributed by atoms with E-state index in [2.05, 4.69) is 18.7 Å². The second kappa shape index (κ2) is 8.03. The maximum atomic E-state index is 12.8. The Bertz CT molecular complexity index is 457. The molecule has 4 heteroatoms. The molecule has 1 amide bonds. The average Bonchev–Trinajstić information content (AvgIpc) is 2.41. The lowest BCUT2D eigenvalue weighted by atomic mass is 9.98. The first-order chi connectivity index (χ1) is 9.81. The fraction of sp³-hybridized carbons (Fsp3) is 0.588. The molecule has 0 heterocycles. The van der Waals surface area contributed by atoms with Gasteiger partial charge in [0.15, 0.2) is 0 Å². The van der Waals surface area contributed by atoms with Crippen LogP contribution in [0.4, 0.5) is 5.69 Å². The number of anilines is 1. The molecule has 0 aliphatic rings. The molecule has 0 fully saturated rings. The molecule has 1 rings (SSSR count). The maximum Gasteiger partial charge on any atom is 0.229 e. The van der Waals surface area contributed by atoms with E-state index in [1.807, 2.05) is 50.2 Å². The topological polar surface area (TPSA) is 49.6 Å². The molecule has 1 unspecified atom stereocenters. The Morgan fingerprint density at radius 3 is 2.38 bits per heavy atom. The number of carbonyl (C=O) groups is 1. The van der Waals surface area contributed by atoms with Crippen LogP contribution in [0.2, 0.25) is 0 Å². The predicted octanol–water partition coefficient (Wildman–Crippen LogP) is 2.42. The highest BCUT2D eigenvalue weighted by Gasteiger charge is 2.22. The van der Waals surface area contributed by atoms with E-state index in [1.54, 1.807) is 0 Å². The minimum Gasteiger partial charge on any atom is -0.399 e. The van der Waals surface area contributed by atoms with Crippen LogP contribution in [0, 0.1) is 5.92 Å². The van der Waals surface area contributed by atoms with Crippen molar-refractivity contribution in [1.29, 1.82) is 0 Å². The van der Waals surface area contributed by atoms with E-state index in [0.29, 0.717) is 11.6 Å². The van der Waals surface area contributed by atoms with E-state index in [1.165, 1.54) is 0 Å². The average molecular weight is 291 g/mol. The molecule has 118 valence electrons. The molecule has 0 aliphatic heterocycles. The predicted molar refractivity (Wildman–Crippen MR) is 89.2 cm³/mol. The maximum absolute atomic E-state index is 12.8. The third-order valence-electron chi connectivity index (χ3n) is 3.50. The zero-order valence-electron chi connectivity index (χ0n) is 14.0. The summed E-state index contributed by atoms with van der Waals surface area (Å²) in [6.07, 6.45) is 0.